The van der Waals surface area contributed by atoms with E-state index < -0.39 is 11.6 Å². The molecule has 1 aliphatic rings. The Morgan fingerprint density at radius 1 is 1.25 bits per heavy atom. The Bertz CT molecular complexity index is 416. The summed E-state index contributed by atoms with van der Waals surface area (Å²) in [6.45, 7) is 7.25. The zero-order valence-electron chi connectivity index (χ0n) is 12.3. The summed E-state index contributed by atoms with van der Waals surface area (Å²) in [4.78, 5) is 2.42. The summed E-state index contributed by atoms with van der Waals surface area (Å²) in [6, 6.07) is 4.80. The lowest BCUT2D eigenvalue weighted by Gasteiger charge is -2.39. The van der Waals surface area contributed by atoms with Gasteiger partial charge in [0.25, 0.3) is 0 Å². The molecule has 1 heterocycles. The van der Waals surface area contributed by atoms with Crippen LogP contribution in [0.4, 0.5) is 8.78 Å². The molecule has 0 bridgehead atoms. The van der Waals surface area contributed by atoms with Crippen molar-refractivity contribution >= 4 is 0 Å². The van der Waals surface area contributed by atoms with E-state index in [0.29, 0.717) is 18.5 Å². The molecular weight excluding hydrogens is 258 g/mol. The lowest BCUT2D eigenvalue weighted by atomic mass is 10.0. The van der Waals surface area contributed by atoms with Gasteiger partial charge in [0.15, 0.2) is 0 Å². The summed E-state index contributed by atoms with van der Waals surface area (Å²) in [5.74, 6) is -0.977. The van der Waals surface area contributed by atoms with E-state index in [2.05, 4.69) is 24.1 Å². The molecule has 0 spiro atoms. The number of nitrogens with zero attached hydrogens (tertiary/aromatic N) is 1. The first kappa shape index (κ1) is 15.4. The van der Waals surface area contributed by atoms with Crippen molar-refractivity contribution in [3.63, 3.8) is 0 Å². The van der Waals surface area contributed by atoms with Crippen LogP contribution in [-0.2, 0) is 6.42 Å². The van der Waals surface area contributed by atoms with E-state index in [0.717, 1.165) is 31.3 Å². The summed E-state index contributed by atoms with van der Waals surface area (Å²) in [7, 11) is 0. The van der Waals surface area contributed by atoms with E-state index in [4.69, 9.17) is 0 Å². The van der Waals surface area contributed by atoms with Crippen LogP contribution in [0.5, 0.6) is 0 Å². The van der Waals surface area contributed by atoms with Crippen LogP contribution in [-0.4, -0.2) is 36.6 Å². The van der Waals surface area contributed by atoms with Gasteiger partial charge in [-0.25, -0.2) is 8.78 Å². The van der Waals surface area contributed by atoms with E-state index in [1.54, 1.807) is 0 Å². The average Bonchev–Trinajstić information content (AvgIpc) is 2.38. The second-order valence-corrected chi connectivity index (χ2v) is 5.77. The Balaban J connectivity index is 1.91. The number of nitrogens with one attached hydrogen (secondary N) is 1. The first-order chi connectivity index (χ1) is 9.58. The zero-order chi connectivity index (χ0) is 14.5. The van der Waals surface area contributed by atoms with Gasteiger partial charge >= 0.3 is 0 Å². The highest BCUT2D eigenvalue weighted by Crippen LogP contribution is 2.13. The van der Waals surface area contributed by atoms with Gasteiger partial charge in [-0.3, -0.25) is 4.90 Å². The Morgan fingerprint density at radius 3 is 2.60 bits per heavy atom. The number of benzene rings is 1. The van der Waals surface area contributed by atoms with E-state index >= 15 is 0 Å². The number of hydrogen-bond donors (Lipinski definition) is 1. The first-order valence-electron chi connectivity index (χ1n) is 7.51. The maximum Gasteiger partial charge on any atom is 0.126 e. The Labute approximate surface area is 120 Å². The van der Waals surface area contributed by atoms with Gasteiger partial charge in [0.05, 0.1) is 0 Å². The minimum Gasteiger partial charge on any atom is -0.311 e. The van der Waals surface area contributed by atoms with Crippen molar-refractivity contribution in [2.75, 3.05) is 19.6 Å². The lowest BCUT2D eigenvalue weighted by molar-refractivity contribution is 0.138. The van der Waals surface area contributed by atoms with Crippen LogP contribution >= 0.6 is 0 Å². The average molecular weight is 282 g/mol. The quantitative estimate of drug-likeness (QED) is 0.893. The highest BCUT2D eigenvalue weighted by Gasteiger charge is 2.23. The third-order valence-electron chi connectivity index (χ3n) is 4.03. The second-order valence-electron chi connectivity index (χ2n) is 5.77. The molecule has 1 aromatic rings. The van der Waals surface area contributed by atoms with E-state index in [1.807, 2.05) is 0 Å². The molecule has 0 radical (unpaired) electrons. The van der Waals surface area contributed by atoms with Crippen molar-refractivity contribution in [1.29, 1.82) is 0 Å². The van der Waals surface area contributed by atoms with E-state index in [1.165, 1.54) is 25.0 Å². The fourth-order valence-electron chi connectivity index (χ4n) is 2.88. The molecule has 4 heteroatoms. The molecule has 1 aliphatic heterocycles. The smallest absolute Gasteiger partial charge is 0.126 e. The number of hydrogen-bond acceptors (Lipinski definition) is 2. The Morgan fingerprint density at radius 2 is 1.95 bits per heavy atom. The normalized spacial score (nSPS) is 24.0. The van der Waals surface area contributed by atoms with Crippen LogP contribution in [0.25, 0.3) is 0 Å². The van der Waals surface area contributed by atoms with Crippen molar-refractivity contribution in [2.45, 2.75) is 45.2 Å². The molecular formula is C16H24F2N2. The molecule has 2 atom stereocenters. The van der Waals surface area contributed by atoms with Gasteiger partial charge in [-0.1, -0.05) is 13.3 Å². The molecule has 0 aliphatic carbocycles. The van der Waals surface area contributed by atoms with Gasteiger partial charge in [-0.05, 0) is 37.5 Å². The number of rotatable bonds is 5. The summed E-state index contributed by atoms with van der Waals surface area (Å²) in [5.41, 5.74) is 0.736. The monoisotopic (exact) mass is 282 g/mol. The van der Waals surface area contributed by atoms with Crippen LogP contribution in [0.15, 0.2) is 18.2 Å². The van der Waals surface area contributed by atoms with Gasteiger partial charge in [0.1, 0.15) is 11.6 Å². The number of halogens is 2. The summed E-state index contributed by atoms with van der Waals surface area (Å²) in [6.07, 6.45) is 3.05. The summed E-state index contributed by atoms with van der Waals surface area (Å²) >= 11 is 0. The molecule has 1 fully saturated rings. The second kappa shape index (κ2) is 7.14. The van der Waals surface area contributed by atoms with Gasteiger partial charge in [-0.15, -0.1) is 0 Å². The molecule has 2 unspecified atom stereocenters. The van der Waals surface area contributed by atoms with Crippen molar-refractivity contribution in [3.8, 4) is 0 Å². The van der Waals surface area contributed by atoms with Crippen LogP contribution in [0.2, 0.25) is 0 Å². The fraction of sp³-hybridized carbons (Fsp3) is 0.625. The minimum absolute atomic E-state index is 0.474. The van der Waals surface area contributed by atoms with Crippen molar-refractivity contribution < 1.29 is 8.78 Å². The van der Waals surface area contributed by atoms with Crippen molar-refractivity contribution in [3.05, 3.63) is 35.4 Å². The topological polar surface area (TPSA) is 15.3 Å². The maximum absolute atomic E-state index is 13.2. The predicted octanol–water partition coefficient (Wildman–Crippen LogP) is 2.97. The van der Waals surface area contributed by atoms with Crippen LogP contribution in [0.3, 0.4) is 0 Å². The molecule has 1 aromatic carbocycles. The largest absolute Gasteiger partial charge is 0.311 e. The fourth-order valence-corrected chi connectivity index (χ4v) is 2.88. The van der Waals surface area contributed by atoms with Gasteiger partial charge in [0.2, 0.25) is 0 Å². The van der Waals surface area contributed by atoms with Crippen LogP contribution < -0.4 is 5.32 Å². The minimum atomic E-state index is -0.489. The Hall–Kier alpha value is -1.00. The van der Waals surface area contributed by atoms with E-state index in [9.17, 15) is 8.78 Å². The van der Waals surface area contributed by atoms with Gasteiger partial charge in [-0.2, -0.15) is 0 Å². The molecule has 2 nitrogen and oxygen atoms in total. The predicted molar refractivity (Wildman–Crippen MR) is 77.8 cm³/mol. The van der Waals surface area contributed by atoms with Crippen LogP contribution in [0.1, 0.15) is 32.3 Å². The SMILES string of the molecule is CCCC1CN(CCc2cc(F)cc(F)c2)C(C)CN1. The Kier molecular flexibility index (Phi) is 5.49. The molecule has 1 N–H and O–H groups in total. The van der Waals surface area contributed by atoms with Crippen molar-refractivity contribution in [2.24, 2.45) is 0 Å². The van der Waals surface area contributed by atoms with E-state index in [-0.39, 0.29) is 0 Å². The van der Waals surface area contributed by atoms with Gasteiger partial charge < -0.3 is 5.32 Å². The molecule has 0 saturated carbocycles. The molecule has 1 saturated heterocycles. The maximum atomic E-state index is 13.2. The summed E-state index contributed by atoms with van der Waals surface area (Å²) in [5, 5.41) is 3.55. The van der Waals surface area contributed by atoms with Crippen LogP contribution in [0, 0.1) is 11.6 Å². The third-order valence-corrected chi connectivity index (χ3v) is 4.03. The van der Waals surface area contributed by atoms with Gasteiger partial charge in [0, 0.05) is 37.8 Å². The molecule has 20 heavy (non-hydrogen) atoms. The molecule has 0 amide bonds. The standard InChI is InChI=1S/C16H24F2N2/c1-3-4-16-11-20(12(2)10-19-16)6-5-13-7-14(17)9-15(18)8-13/h7-9,12,16,19H,3-6,10-11H2,1-2H3. The third kappa shape index (κ3) is 4.25. The lowest BCUT2D eigenvalue weighted by Crippen LogP contribution is -2.55. The number of piperazine rings is 1. The molecule has 2 rings (SSSR count). The highest BCUT2D eigenvalue weighted by molar-refractivity contribution is 5.18. The van der Waals surface area contributed by atoms with Crippen molar-refractivity contribution in [1.82, 2.24) is 10.2 Å². The highest BCUT2D eigenvalue weighted by atomic mass is 19.1. The summed E-state index contributed by atoms with van der Waals surface area (Å²) < 4.78 is 26.3. The molecule has 112 valence electrons. The zero-order valence-corrected chi connectivity index (χ0v) is 12.3. The molecule has 0 aromatic heterocycles. The first-order valence-corrected chi connectivity index (χ1v) is 7.51.